The molecule has 2 heterocycles. The lowest BCUT2D eigenvalue weighted by molar-refractivity contribution is 0.433. The average Bonchev–Trinajstić information content (AvgIpc) is 1.65. The van der Waals surface area contributed by atoms with Crippen molar-refractivity contribution in [3.8, 4) is 56.0 Å². The summed E-state index contributed by atoms with van der Waals surface area (Å²) in [6.07, 6.45) is 12.8. The van der Waals surface area contributed by atoms with Crippen LogP contribution in [0.5, 0.6) is 11.5 Å². The molecule has 2 saturated carbocycles. The Morgan fingerprint density at radius 3 is 1.41 bits per heavy atom. The summed E-state index contributed by atoms with van der Waals surface area (Å²) in [4.78, 5) is 5.18. The molecule has 0 saturated heterocycles. The number of fused-ring (bicyclic) bond motifs is 18. The van der Waals surface area contributed by atoms with E-state index in [-0.39, 0.29) is 0 Å². The molecule has 83 heavy (non-hydrogen) atoms. The topological polar surface area (TPSA) is 12.5 Å². The van der Waals surface area contributed by atoms with Gasteiger partial charge in [-0.25, -0.2) is 0 Å². The van der Waals surface area contributed by atoms with E-state index >= 15 is 0 Å². The van der Waals surface area contributed by atoms with Gasteiger partial charge in [0.15, 0.2) is 0 Å². The van der Waals surface area contributed by atoms with E-state index in [1.165, 1.54) is 169 Å². The van der Waals surface area contributed by atoms with Gasteiger partial charge < -0.3 is 9.64 Å². The molecular weight excluding hydrogens is 1020 g/mol. The summed E-state index contributed by atoms with van der Waals surface area (Å²) in [6.45, 7) is 0. The number of anilines is 3. The van der Waals surface area contributed by atoms with Gasteiger partial charge in [0, 0.05) is 37.9 Å². The Balaban J connectivity index is 0.933. The summed E-state index contributed by atoms with van der Waals surface area (Å²) in [7, 11) is 0. The third-order valence-electron chi connectivity index (χ3n) is 20.0. The van der Waals surface area contributed by atoms with E-state index in [0.717, 1.165) is 34.1 Å². The Morgan fingerprint density at radius 2 is 0.759 bits per heavy atom. The largest absolute Gasteiger partial charge is 0.457 e. The minimum atomic E-state index is -0.643. The van der Waals surface area contributed by atoms with Crippen LogP contribution in [-0.2, 0) is 10.8 Å². The van der Waals surface area contributed by atoms with E-state index in [9.17, 15) is 0 Å². The molecule has 3 heteroatoms. The predicted octanol–water partition coefficient (Wildman–Crippen LogP) is 21.9. The maximum atomic E-state index is 7.29. The summed E-state index contributed by atoms with van der Waals surface area (Å²) in [6, 6.07) is 95.4. The predicted molar refractivity (Wildman–Crippen MR) is 342 cm³/mol. The van der Waals surface area contributed by atoms with Gasteiger partial charge in [-0.2, -0.15) is 0 Å². The Kier molecular flexibility index (Phi) is 11.5. The van der Waals surface area contributed by atoms with Gasteiger partial charge in [0.05, 0.1) is 16.5 Å². The normalized spacial score (nSPS) is 16.6. The zero-order chi connectivity index (χ0) is 54.6. The molecule has 0 radical (unpaired) electrons. The van der Waals surface area contributed by atoms with Gasteiger partial charge in [0.2, 0.25) is 0 Å². The third kappa shape index (κ3) is 7.42. The van der Waals surface area contributed by atoms with Gasteiger partial charge in [-0.1, -0.05) is 244 Å². The van der Waals surface area contributed by atoms with E-state index in [2.05, 4.69) is 254 Å². The van der Waals surface area contributed by atoms with Gasteiger partial charge in [-0.3, -0.25) is 0 Å². The molecule has 2 aliphatic heterocycles. The number of rotatable bonds is 7. The van der Waals surface area contributed by atoms with E-state index in [0.29, 0.717) is 11.8 Å². The lowest BCUT2D eigenvalue weighted by Gasteiger charge is -2.41. The van der Waals surface area contributed by atoms with E-state index in [1.807, 2.05) is 11.8 Å². The Morgan fingerprint density at radius 1 is 0.313 bits per heavy atom. The van der Waals surface area contributed by atoms with Crippen molar-refractivity contribution in [1.29, 1.82) is 0 Å². The molecule has 0 unspecified atom stereocenters. The van der Waals surface area contributed by atoms with Crippen molar-refractivity contribution < 1.29 is 4.74 Å². The Labute approximate surface area is 492 Å². The summed E-state index contributed by atoms with van der Waals surface area (Å²) in [5.74, 6) is 2.96. The number of nitrogens with zero attached hydrogens (tertiary/aromatic N) is 1. The van der Waals surface area contributed by atoms with E-state index in [1.54, 1.807) is 0 Å². The molecule has 2 fully saturated rings. The van der Waals surface area contributed by atoms with Crippen molar-refractivity contribution >= 4 is 28.8 Å². The zero-order valence-electron chi connectivity index (χ0n) is 46.7. The molecule has 0 amide bonds. The van der Waals surface area contributed by atoms with Crippen molar-refractivity contribution in [3.05, 3.63) is 304 Å². The maximum absolute atomic E-state index is 7.29. The van der Waals surface area contributed by atoms with E-state index in [4.69, 9.17) is 4.74 Å². The minimum absolute atomic E-state index is 0.542. The second-order valence-electron chi connectivity index (χ2n) is 24.2. The monoisotopic (exact) mass is 1090 g/mol. The van der Waals surface area contributed by atoms with Crippen molar-refractivity contribution in [1.82, 2.24) is 0 Å². The van der Waals surface area contributed by atoms with Crippen LogP contribution in [0.2, 0.25) is 0 Å². The van der Waals surface area contributed by atoms with Crippen molar-refractivity contribution in [2.24, 2.45) is 0 Å². The van der Waals surface area contributed by atoms with Gasteiger partial charge in [0.25, 0.3) is 0 Å². The third-order valence-corrected chi connectivity index (χ3v) is 21.2. The fraction of sp³-hybridized carbons (Fsp3) is 0.175. The number of hydrogen-bond acceptors (Lipinski definition) is 3. The Bertz CT molecular complexity index is 4260. The summed E-state index contributed by atoms with van der Waals surface area (Å²) >= 11 is 1.90. The molecule has 4 aliphatic carbocycles. The first-order chi connectivity index (χ1) is 41.1. The van der Waals surface area contributed by atoms with Crippen LogP contribution in [0.1, 0.15) is 132 Å². The highest BCUT2D eigenvalue weighted by molar-refractivity contribution is 7.99. The lowest BCUT2D eigenvalue weighted by Crippen LogP contribution is -2.33. The van der Waals surface area contributed by atoms with Crippen LogP contribution in [0.15, 0.2) is 259 Å². The smallest absolute Gasteiger partial charge is 0.132 e. The van der Waals surface area contributed by atoms with Crippen molar-refractivity contribution in [2.45, 2.75) is 96.7 Å². The second-order valence-corrected chi connectivity index (χ2v) is 25.3. The number of ether oxygens (including phenoxy) is 1. The molecule has 11 aromatic carbocycles. The molecule has 2 spiro atoms. The summed E-state index contributed by atoms with van der Waals surface area (Å²) in [5, 5.41) is 0. The molecular formula is C80H63NOS. The number of para-hydroxylation sites is 2. The van der Waals surface area contributed by atoms with Crippen LogP contribution >= 0.6 is 11.8 Å². The van der Waals surface area contributed by atoms with E-state index < -0.39 is 10.8 Å². The minimum Gasteiger partial charge on any atom is -0.457 e. The van der Waals surface area contributed by atoms with Gasteiger partial charge in [0.1, 0.15) is 11.5 Å². The second kappa shape index (κ2) is 19.5. The first kappa shape index (κ1) is 49.0. The highest BCUT2D eigenvalue weighted by Gasteiger charge is 2.53. The van der Waals surface area contributed by atoms with Crippen molar-refractivity contribution in [2.75, 3.05) is 4.90 Å². The lowest BCUT2D eigenvalue weighted by atomic mass is 9.65. The standard InChI is InChI=1S/C80H63NOS/c1-4-20-52(21-5-1)55-36-38-56(39-37-55)61-26-11-16-32-74(61)81(59-42-46-65-62-27-10-12-28-66(62)79(72(65)50-59)68-30-14-18-34-77(68)83-78-35-19-15-31-69(78)79)60-43-47-76-73(51-60)80(67-29-13-17-33-75(67)82-76)70-48-57(53-22-6-2-7-23-53)40-44-63(70)64-45-41-58(49-71(64)80)54-24-8-3-9-25-54/h1,4-5,10-21,26-51,53-54H,2-3,6-9,22-25H2. The fourth-order valence-corrected chi connectivity index (χ4v) is 17.5. The molecule has 2 nitrogen and oxygen atoms in total. The molecule has 11 aromatic rings. The van der Waals surface area contributed by atoms with Crippen LogP contribution < -0.4 is 9.64 Å². The van der Waals surface area contributed by atoms with Crippen LogP contribution in [0, 0.1) is 0 Å². The van der Waals surface area contributed by atoms with Crippen LogP contribution in [0.25, 0.3) is 44.5 Å². The first-order valence-electron chi connectivity index (χ1n) is 30.5. The highest BCUT2D eigenvalue weighted by atomic mass is 32.2. The van der Waals surface area contributed by atoms with Crippen LogP contribution in [0.3, 0.4) is 0 Å². The molecule has 0 atom stereocenters. The summed E-state index contributed by atoms with van der Waals surface area (Å²) in [5.41, 5.74) is 25.6. The zero-order valence-corrected chi connectivity index (χ0v) is 47.5. The maximum Gasteiger partial charge on any atom is 0.132 e. The summed E-state index contributed by atoms with van der Waals surface area (Å²) < 4.78 is 7.29. The SMILES string of the molecule is c1ccc(-c2ccc(-c3ccccc3N(c3ccc4c(c3)C3(c5ccccc5O4)c4cc(C5CCCCC5)ccc4-c4ccc(C5CCCCC5)cc43)c3ccc4c(c3)C3(c5ccccc5Sc5ccccc53)c3ccccc3-4)cc2)cc1. The fourth-order valence-electron chi connectivity index (χ4n) is 16.3. The molecule has 0 bridgehead atoms. The molecule has 400 valence electrons. The first-order valence-corrected chi connectivity index (χ1v) is 31.3. The van der Waals surface area contributed by atoms with Gasteiger partial charge in [-0.15, -0.1) is 0 Å². The van der Waals surface area contributed by atoms with Gasteiger partial charge in [-0.05, 0) is 176 Å². The van der Waals surface area contributed by atoms with Gasteiger partial charge >= 0.3 is 0 Å². The van der Waals surface area contributed by atoms with Crippen molar-refractivity contribution in [3.63, 3.8) is 0 Å². The average molecular weight is 1090 g/mol. The molecule has 6 aliphatic rings. The quantitative estimate of drug-likeness (QED) is 0.158. The molecule has 0 N–H and O–H groups in total. The Hall–Kier alpha value is -8.63. The van der Waals surface area contributed by atoms with Crippen LogP contribution in [-0.4, -0.2) is 0 Å². The number of benzene rings is 11. The highest BCUT2D eigenvalue weighted by Crippen LogP contribution is 2.66. The van der Waals surface area contributed by atoms with Crippen LogP contribution in [0.4, 0.5) is 17.1 Å². The number of hydrogen-bond donors (Lipinski definition) is 0. The molecule has 17 rings (SSSR count). The molecule has 0 aromatic heterocycles.